The van der Waals surface area contributed by atoms with Crippen molar-refractivity contribution in [3.63, 3.8) is 0 Å². The molecule has 2 aliphatic rings. The van der Waals surface area contributed by atoms with Gasteiger partial charge in [0.15, 0.2) is 34.2 Å². The molecule has 202 valence electrons. The number of rotatable bonds is 4. The van der Waals surface area contributed by atoms with Crippen LogP contribution in [0.2, 0.25) is 0 Å². The molecule has 6 N–H and O–H groups in total. The maximum atomic E-state index is 13.8. The number of Topliss-reactive ketones (excluding diaryl/α,β-unsaturated/α-hetero) is 1. The molecule has 2 aromatic carbocycles. The molecule has 1 aliphatic heterocycles. The Hall–Kier alpha value is -5.00. The summed E-state index contributed by atoms with van der Waals surface area (Å²) in [6.07, 6.45) is 0.519. The summed E-state index contributed by atoms with van der Waals surface area (Å²) in [5.41, 5.74) is -3.92. The maximum absolute atomic E-state index is 13.8. The summed E-state index contributed by atoms with van der Waals surface area (Å²) in [7, 11) is 0. The second kappa shape index (κ2) is 8.51. The molecule has 0 radical (unpaired) electrons. The minimum atomic E-state index is -1.73. The van der Waals surface area contributed by atoms with Crippen LogP contribution in [0.3, 0.4) is 0 Å². The molecule has 5 rings (SSSR count). The third-order valence-electron chi connectivity index (χ3n) is 7.39. The monoisotopic (exact) mass is 538 g/mol. The van der Waals surface area contributed by atoms with E-state index >= 15 is 0 Å². The summed E-state index contributed by atoms with van der Waals surface area (Å²) in [5.74, 6) is -8.86. The van der Waals surface area contributed by atoms with E-state index in [4.69, 9.17) is 9.15 Å². The zero-order chi connectivity index (χ0) is 28.5. The highest BCUT2D eigenvalue weighted by atomic mass is 16.5. The van der Waals surface area contributed by atoms with Gasteiger partial charge in [0.05, 0.1) is 16.7 Å². The van der Waals surface area contributed by atoms with Crippen LogP contribution in [0.5, 0.6) is 28.7 Å². The highest BCUT2D eigenvalue weighted by molar-refractivity contribution is 6.06. The van der Waals surface area contributed by atoms with Crippen LogP contribution in [0.4, 0.5) is 0 Å². The summed E-state index contributed by atoms with van der Waals surface area (Å²) in [5, 5.41) is 61.0. The molecule has 0 fully saturated rings. The predicted molar refractivity (Wildman–Crippen MR) is 132 cm³/mol. The Morgan fingerprint density at radius 3 is 2.28 bits per heavy atom. The number of fused-ring (bicyclic) bond motifs is 5. The number of carboxylic acids is 1. The lowest BCUT2D eigenvalue weighted by molar-refractivity contribution is -0.121. The first-order chi connectivity index (χ1) is 18.3. The fourth-order valence-corrected chi connectivity index (χ4v) is 5.75. The zero-order valence-corrected chi connectivity index (χ0v) is 20.5. The summed E-state index contributed by atoms with van der Waals surface area (Å²) >= 11 is 0. The summed E-state index contributed by atoms with van der Waals surface area (Å²) < 4.78 is 11.7. The van der Waals surface area contributed by atoms with Gasteiger partial charge in [-0.15, -0.1) is 0 Å². The number of carbonyl (C=O) groups excluding carboxylic acids is 2. The average Bonchev–Trinajstić information content (AvgIpc) is 2.84. The molecule has 12 nitrogen and oxygen atoms in total. The summed E-state index contributed by atoms with van der Waals surface area (Å²) in [6.45, 7) is 2.00. The number of hydrogen-bond donors (Lipinski definition) is 6. The average molecular weight is 538 g/mol. The fourth-order valence-electron chi connectivity index (χ4n) is 5.75. The van der Waals surface area contributed by atoms with Crippen LogP contribution in [0.15, 0.2) is 39.2 Å². The van der Waals surface area contributed by atoms with Gasteiger partial charge in [0.25, 0.3) is 0 Å². The molecule has 0 saturated heterocycles. The number of phenolic OH excluding ortho intramolecular Hbond substituents is 3. The van der Waals surface area contributed by atoms with E-state index in [1.807, 2.05) is 0 Å². The number of carbonyl (C=O) groups is 3. The number of ketones is 2. The zero-order valence-electron chi connectivity index (χ0n) is 20.5. The van der Waals surface area contributed by atoms with Crippen molar-refractivity contribution in [3.8, 4) is 28.7 Å². The third kappa shape index (κ3) is 3.59. The lowest BCUT2D eigenvalue weighted by Crippen LogP contribution is -2.50. The Labute approximate surface area is 218 Å². The van der Waals surface area contributed by atoms with Crippen molar-refractivity contribution < 1.29 is 54.2 Å². The normalized spacial score (nSPS) is 21.8. The lowest BCUT2D eigenvalue weighted by atomic mass is 9.56. The Bertz CT molecular complexity index is 1710. The molecule has 0 bridgehead atoms. The quantitative estimate of drug-likeness (QED) is 0.161. The molecule has 0 spiro atoms. The van der Waals surface area contributed by atoms with Crippen molar-refractivity contribution >= 4 is 28.5 Å². The van der Waals surface area contributed by atoms with Gasteiger partial charge in [-0.3, -0.25) is 14.4 Å². The topological polar surface area (TPSA) is 212 Å². The highest BCUT2D eigenvalue weighted by Crippen LogP contribution is 2.60. The largest absolute Gasteiger partial charge is 0.511 e. The van der Waals surface area contributed by atoms with E-state index in [9.17, 15) is 49.8 Å². The molecule has 2 heterocycles. The fraction of sp³-hybridized carbons (Fsp3) is 0.259. The number of aromatic carboxylic acids is 1. The van der Waals surface area contributed by atoms with Crippen LogP contribution in [0, 0.1) is 5.41 Å². The van der Waals surface area contributed by atoms with E-state index in [1.54, 1.807) is 0 Å². The molecule has 0 amide bonds. The molecule has 1 aliphatic carbocycles. The van der Waals surface area contributed by atoms with Crippen LogP contribution >= 0.6 is 0 Å². The molecular formula is C27H22O12. The smallest absolute Gasteiger partial charge is 0.340 e. The second-order valence-corrected chi connectivity index (χ2v) is 9.78. The predicted octanol–water partition coefficient (Wildman–Crippen LogP) is 2.74. The van der Waals surface area contributed by atoms with Crippen molar-refractivity contribution in [3.05, 3.63) is 62.7 Å². The Morgan fingerprint density at radius 1 is 1.00 bits per heavy atom. The van der Waals surface area contributed by atoms with Crippen molar-refractivity contribution in [1.82, 2.24) is 0 Å². The van der Waals surface area contributed by atoms with Gasteiger partial charge in [0.1, 0.15) is 40.8 Å². The van der Waals surface area contributed by atoms with E-state index in [1.165, 1.54) is 13.8 Å². The highest BCUT2D eigenvalue weighted by Gasteiger charge is 2.58. The van der Waals surface area contributed by atoms with Crippen LogP contribution in [0.1, 0.15) is 52.9 Å². The first-order valence-electron chi connectivity index (χ1n) is 11.7. The number of carboxylic acid groups (broad SMARTS) is 1. The van der Waals surface area contributed by atoms with E-state index in [2.05, 4.69) is 0 Å². The van der Waals surface area contributed by atoms with Gasteiger partial charge in [0, 0.05) is 35.3 Å². The van der Waals surface area contributed by atoms with Gasteiger partial charge in [0.2, 0.25) is 0 Å². The van der Waals surface area contributed by atoms with Crippen LogP contribution in [-0.4, -0.2) is 54.8 Å². The Balaban J connectivity index is 1.93. The number of phenols is 4. The molecule has 0 unspecified atom stereocenters. The van der Waals surface area contributed by atoms with Crippen molar-refractivity contribution in [1.29, 1.82) is 0 Å². The van der Waals surface area contributed by atoms with E-state index in [0.717, 1.165) is 24.3 Å². The van der Waals surface area contributed by atoms with Crippen molar-refractivity contribution in [2.45, 2.75) is 32.1 Å². The maximum Gasteiger partial charge on any atom is 0.340 e. The third-order valence-corrected chi connectivity index (χ3v) is 7.39. The van der Waals surface area contributed by atoms with Crippen LogP contribution < -0.4 is 10.2 Å². The molecule has 1 aromatic heterocycles. The molecule has 3 aromatic rings. The molecule has 0 saturated carbocycles. The number of aliphatic hydroxyl groups is 1. The number of aromatic hydroxyl groups is 4. The lowest BCUT2D eigenvalue weighted by Gasteiger charge is -2.49. The Morgan fingerprint density at radius 2 is 1.67 bits per heavy atom. The van der Waals surface area contributed by atoms with Crippen LogP contribution in [-0.2, 0) is 16.0 Å². The minimum Gasteiger partial charge on any atom is -0.511 e. The van der Waals surface area contributed by atoms with E-state index in [-0.39, 0.29) is 29.2 Å². The first kappa shape index (κ1) is 25.6. The van der Waals surface area contributed by atoms with Crippen molar-refractivity contribution in [2.24, 2.45) is 5.41 Å². The van der Waals surface area contributed by atoms with Crippen LogP contribution in [0.25, 0.3) is 11.0 Å². The summed E-state index contributed by atoms with van der Waals surface area (Å²) in [4.78, 5) is 51.0. The second-order valence-electron chi connectivity index (χ2n) is 9.78. The van der Waals surface area contributed by atoms with Gasteiger partial charge in [-0.2, -0.15) is 0 Å². The standard InChI is InChI=1S/C27H22O12/c1-9(28)3-18(33)27-7-12-23(34)20-17(6-15(32)24(35)21(20)26(36)37)39-25(12)19(10(2)29)22(27)11-4-13(30)14(31)5-16(11)38-8-27/h3-6,19,22,30-33,35H,7-8H2,1-2H3,(H,36,37)/t19-,22-,27+/m1/s1. The van der Waals surface area contributed by atoms with Gasteiger partial charge < -0.3 is 39.8 Å². The number of aliphatic hydroxyl groups excluding tert-OH is 1. The molecule has 3 atom stereocenters. The van der Waals surface area contributed by atoms with Crippen molar-refractivity contribution in [2.75, 3.05) is 6.61 Å². The van der Waals surface area contributed by atoms with Gasteiger partial charge in [-0.25, -0.2) is 4.79 Å². The van der Waals surface area contributed by atoms with Gasteiger partial charge >= 0.3 is 5.97 Å². The Kier molecular flexibility index (Phi) is 5.60. The number of benzene rings is 2. The first-order valence-corrected chi connectivity index (χ1v) is 11.7. The number of hydrogen-bond acceptors (Lipinski definition) is 11. The van der Waals surface area contributed by atoms with E-state index in [0.29, 0.717) is 0 Å². The van der Waals surface area contributed by atoms with Gasteiger partial charge in [-0.1, -0.05) is 0 Å². The number of allylic oxidation sites excluding steroid dienone is 1. The molecule has 12 heteroatoms. The summed E-state index contributed by atoms with van der Waals surface area (Å²) in [6, 6.07) is 3.13. The molecular weight excluding hydrogens is 516 g/mol. The number of ether oxygens (including phenoxy) is 1. The minimum absolute atomic E-state index is 0.0788. The SMILES string of the molecule is CC(=O)C=C(O)[C@]12COc3cc(O)c(O)cc3[C@@H]1[C@@H](C(C)=O)c1oc3cc(O)c(O)c(C(=O)O)c3c(=O)c1C2. The molecule has 39 heavy (non-hydrogen) atoms. The van der Waals surface area contributed by atoms with Gasteiger partial charge in [-0.05, 0) is 26.3 Å². The van der Waals surface area contributed by atoms with E-state index < -0.39 is 91.9 Å².